The monoisotopic (exact) mass is 519 g/mol. The summed E-state index contributed by atoms with van der Waals surface area (Å²) in [6.45, 7) is 10.9. The zero-order valence-corrected chi connectivity index (χ0v) is 23.1. The van der Waals surface area contributed by atoms with Gasteiger partial charge >= 0.3 is 0 Å². The summed E-state index contributed by atoms with van der Waals surface area (Å²) in [4.78, 5) is 26.7. The third-order valence-corrected chi connectivity index (χ3v) is 5.85. The van der Waals surface area contributed by atoms with Crippen molar-refractivity contribution >= 4 is 11.8 Å². The summed E-state index contributed by atoms with van der Waals surface area (Å²) >= 11 is 0. The van der Waals surface area contributed by atoms with Crippen molar-refractivity contribution < 1.29 is 19.1 Å². The van der Waals surface area contributed by atoms with Crippen molar-refractivity contribution in [2.45, 2.75) is 71.7 Å². The fourth-order valence-electron chi connectivity index (χ4n) is 4.03. The maximum atomic E-state index is 13.4. The van der Waals surface area contributed by atoms with Crippen LogP contribution in [0.5, 0.6) is 5.75 Å². The van der Waals surface area contributed by atoms with E-state index in [-0.39, 0.29) is 17.7 Å². The Morgan fingerprint density at radius 2 is 1.66 bits per heavy atom. The van der Waals surface area contributed by atoms with Gasteiger partial charge in [0.2, 0.25) is 11.8 Å². The first kappa shape index (κ1) is 28.8. The summed E-state index contributed by atoms with van der Waals surface area (Å²) < 4.78 is 11.1. The average Bonchev–Trinajstić information content (AvgIpc) is 2.87. The molecule has 0 spiro atoms. The molecule has 2 amide bonds. The van der Waals surface area contributed by atoms with Crippen LogP contribution < -0.4 is 20.7 Å². The van der Waals surface area contributed by atoms with Crippen molar-refractivity contribution in [3.8, 4) is 5.75 Å². The summed E-state index contributed by atoms with van der Waals surface area (Å²) in [6, 6.07) is 16.4. The molecule has 3 N–H and O–H groups in total. The van der Waals surface area contributed by atoms with Crippen LogP contribution in [0.3, 0.4) is 0 Å². The SMILES string of the molecule is CC(C)CC(NC1=CCOC=C1)C(=O)NC(Cc1ccc(OCc2ccccc2)cc1)C(=O)NC(C)(C)C. The average molecular weight is 520 g/mol. The Morgan fingerprint density at radius 1 is 0.947 bits per heavy atom. The van der Waals surface area contributed by atoms with Crippen LogP contribution in [-0.4, -0.2) is 36.0 Å². The number of allylic oxidation sites excluding steroid dienone is 1. The number of carbonyl (C=O) groups excluding carboxylic acids is 2. The fraction of sp³-hybridized carbons (Fsp3) is 0.419. The van der Waals surface area contributed by atoms with Gasteiger partial charge in [0, 0.05) is 17.7 Å². The van der Waals surface area contributed by atoms with E-state index < -0.39 is 17.6 Å². The van der Waals surface area contributed by atoms with Crippen LogP contribution in [0.15, 0.2) is 78.7 Å². The lowest BCUT2D eigenvalue weighted by atomic mass is 10.00. The summed E-state index contributed by atoms with van der Waals surface area (Å²) in [7, 11) is 0. The van der Waals surface area contributed by atoms with Gasteiger partial charge in [-0.3, -0.25) is 9.59 Å². The Kier molecular flexibility index (Phi) is 10.4. The second-order valence-corrected chi connectivity index (χ2v) is 11.0. The molecule has 2 aromatic rings. The molecular formula is C31H41N3O4. The predicted octanol–water partition coefficient (Wildman–Crippen LogP) is 4.64. The van der Waals surface area contributed by atoms with Gasteiger partial charge in [-0.15, -0.1) is 0 Å². The van der Waals surface area contributed by atoms with Crippen LogP contribution in [-0.2, 0) is 27.4 Å². The third kappa shape index (κ3) is 9.96. The molecule has 0 saturated carbocycles. The van der Waals surface area contributed by atoms with Crippen LogP contribution in [0.25, 0.3) is 0 Å². The van der Waals surface area contributed by atoms with Gasteiger partial charge in [0.1, 0.15) is 31.0 Å². The molecule has 0 bridgehead atoms. The highest BCUT2D eigenvalue weighted by Gasteiger charge is 2.28. The van der Waals surface area contributed by atoms with Crippen LogP contribution in [0.4, 0.5) is 0 Å². The largest absolute Gasteiger partial charge is 0.497 e. The molecule has 0 radical (unpaired) electrons. The van der Waals surface area contributed by atoms with Gasteiger partial charge in [-0.1, -0.05) is 56.3 Å². The number of carbonyl (C=O) groups is 2. The maximum Gasteiger partial charge on any atom is 0.243 e. The number of hydrogen-bond acceptors (Lipinski definition) is 5. The second kappa shape index (κ2) is 13.7. The number of rotatable bonds is 12. The van der Waals surface area contributed by atoms with E-state index in [0.717, 1.165) is 22.6 Å². The maximum absolute atomic E-state index is 13.4. The van der Waals surface area contributed by atoms with Crippen LogP contribution in [0.2, 0.25) is 0 Å². The standard InChI is InChI=1S/C31H41N3O4/c1-22(2)19-27(32-25-15-17-37-18-16-25)29(35)33-28(30(36)34-31(3,4)5)20-23-11-13-26(14-12-23)38-21-24-9-7-6-8-10-24/h6-17,22,27-28,32H,18-21H2,1-5H3,(H,33,35)(H,34,36). The number of benzene rings is 2. The van der Waals surface area contributed by atoms with Crippen molar-refractivity contribution in [3.05, 3.63) is 89.8 Å². The van der Waals surface area contributed by atoms with Crippen molar-refractivity contribution in [2.24, 2.45) is 5.92 Å². The number of nitrogens with one attached hydrogen (secondary N) is 3. The summed E-state index contributed by atoms with van der Waals surface area (Å²) in [5.74, 6) is 0.601. The van der Waals surface area contributed by atoms with Crippen molar-refractivity contribution in [2.75, 3.05) is 6.61 Å². The molecule has 3 rings (SSSR count). The lowest BCUT2D eigenvalue weighted by Gasteiger charge is -2.28. The molecule has 2 aromatic carbocycles. The first-order valence-corrected chi connectivity index (χ1v) is 13.2. The molecule has 7 nitrogen and oxygen atoms in total. The molecule has 2 unspecified atom stereocenters. The summed E-state index contributed by atoms with van der Waals surface area (Å²) in [6.07, 6.45) is 6.29. The van der Waals surface area contributed by atoms with E-state index in [1.807, 2.05) is 81.4 Å². The molecule has 7 heteroatoms. The van der Waals surface area contributed by atoms with Crippen molar-refractivity contribution in [1.29, 1.82) is 0 Å². The van der Waals surface area contributed by atoms with E-state index in [9.17, 15) is 9.59 Å². The van der Waals surface area contributed by atoms with Crippen LogP contribution in [0, 0.1) is 5.92 Å². The molecule has 0 fully saturated rings. The topological polar surface area (TPSA) is 88.7 Å². The molecule has 1 aliphatic heterocycles. The van der Waals surface area contributed by atoms with E-state index in [1.54, 1.807) is 12.3 Å². The molecule has 1 heterocycles. The van der Waals surface area contributed by atoms with E-state index in [1.165, 1.54) is 0 Å². The minimum absolute atomic E-state index is 0.212. The Bertz CT molecular complexity index is 1100. The Morgan fingerprint density at radius 3 is 2.26 bits per heavy atom. The van der Waals surface area contributed by atoms with Gasteiger partial charge in [0.25, 0.3) is 0 Å². The van der Waals surface area contributed by atoms with E-state index in [0.29, 0.717) is 26.1 Å². The van der Waals surface area contributed by atoms with Gasteiger partial charge in [-0.05, 0) is 68.5 Å². The highest BCUT2D eigenvalue weighted by Crippen LogP contribution is 2.17. The van der Waals surface area contributed by atoms with E-state index >= 15 is 0 Å². The van der Waals surface area contributed by atoms with Crippen molar-refractivity contribution in [3.63, 3.8) is 0 Å². The fourth-order valence-corrected chi connectivity index (χ4v) is 4.03. The minimum Gasteiger partial charge on any atom is -0.497 e. The number of amides is 2. The third-order valence-electron chi connectivity index (χ3n) is 5.85. The second-order valence-electron chi connectivity index (χ2n) is 11.0. The normalized spacial score (nSPS) is 14.6. The summed E-state index contributed by atoms with van der Waals surface area (Å²) in [5, 5.41) is 9.35. The highest BCUT2D eigenvalue weighted by molar-refractivity contribution is 5.90. The van der Waals surface area contributed by atoms with E-state index in [4.69, 9.17) is 9.47 Å². The quantitative estimate of drug-likeness (QED) is 0.380. The van der Waals surface area contributed by atoms with Gasteiger partial charge in [0.05, 0.1) is 6.26 Å². The van der Waals surface area contributed by atoms with Crippen molar-refractivity contribution in [1.82, 2.24) is 16.0 Å². The zero-order valence-electron chi connectivity index (χ0n) is 23.1. The smallest absolute Gasteiger partial charge is 0.243 e. The zero-order chi connectivity index (χ0) is 27.5. The van der Waals surface area contributed by atoms with Gasteiger partial charge < -0.3 is 25.4 Å². The van der Waals surface area contributed by atoms with E-state index in [2.05, 4.69) is 29.8 Å². The molecule has 38 heavy (non-hydrogen) atoms. The molecule has 0 aromatic heterocycles. The van der Waals surface area contributed by atoms with Crippen LogP contribution >= 0.6 is 0 Å². The Labute approximate surface area is 226 Å². The molecule has 2 atom stereocenters. The molecule has 204 valence electrons. The predicted molar refractivity (Wildman–Crippen MR) is 150 cm³/mol. The molecule has 1 aliphatic rings. The lowest BCUT2D eigenvalue weighted by molar-refractivity contribution is -0.130. The van der Waals surface area contributed by atoms with Gasteiger partial charge in [0.15, 0.2) is 0 Å². The highest BCUT2D eigenvalue weighted by atomic mass is 16.5. The van der Waals surface area contributed by atoms with Gasteiger partial charge in [-0.25, -0.2) is 0 Å². The number of ether oxygens (including phenoxy) is 2. The first-order chi connectivity index (χ1) is 18.1. The Hall–Kier alpha value is -3.74. The Balaban J connectivity index is 1.70. The molecule has 0 saturated heterocycles. The van der Waals surface area contributed by atoms with Gasteiger partial charge in [-0.2, -0.15) is 0 Å². The molecular weight excluding hydrogens is 478 g/mol. The molecule has 0 aliphatic carbocycles. The first-order valence-electron chi connectivity index (χ1n) is 13.2. The minimum atomic E-state index is -0.728. The summed E-state index contributed by atoms with van der Waals surface area (Å²) in [5.41, 5.74) is 2.42. The van der Waals surface area contributed by atoms with Crippen LogP contribution in [0.1, 0.15) is 52.2 Å². The number of hydrogen-bond donors (Lipinski definition) is 3. The lowest BCUT2D eigenvalue weighted by Crippen LogP contribution is -2.56.